The minimum absolute atomic E-state index is 0.583. The van der Waals surface area contributed by atoms with Crippen molar-refractivity contribution in [2.45, 2.75) is 13.3 Å². The van der Waals surface area contributed by atoms with E-state index < -0.39 is 6.36 Å². The number of halogens is 3. The smallest absolute Gasteiger partial charge is 0.414 e. The minimum Gasteiger partial charge on any atom is -0.414 e. The van der Waals surface area contributed by atoms with Crippen LogP contribution in [0.15, 0.2) is 12.3 Å². The summed E-state index contributed by atoms with van der Waals surface area (Å²) in [6.45, 7) is 1.44. The van der Waals surface area contributed by atoms with Crippen LogP contribution in [0.2, 0.25) is 0 Å². The van der Waals surface area contributed by atoms with Gasteiger partial charge in [-0.1, -0.05) is 6.08 Å². The maximum Gasteiger partial charge on any atom is 0.572 e. The van der Waals surface area contributed by atoms with Gasteiger partial charge in [0, 0.05) is 0 Å². The van der Waals surface area contributed by atoms with Gasteiger partial charge in [-0.05, 0) is 6.92 Å². The topological polar surface area (TPSA) is 9.23 Å². The molecule has 0 rings (SSSR count). The molecule has 0 spiro atoms. The molecular formula is C4H5F3O. The lowest BCUT2D eigenvalue weighted by molar-refractivity contribution is -0.298. The van der Waals surface area contributed by atoms with Crippen molar-refractivity contribution in [2.24, 2.45) is 0 Å². The number of alkyl halides is 3. The quantitative estimate of drug-likeness (QED) is 0.488. The highest BCUT2D eigenvalue weighted by molar-refractivity contribution is 4.65. The Hall–Kier alpha value is -0.670. The highest BCUT2D eigenvalue weighted by atomic mass is 19.4. The molecule has 0 saturated heterocycles. The third-order valence-corrected chi connectivity index (χ3v) is 0.338. The van der Waals surface area contributed by atoms with Crippen molar-refractivity contribution >= 4 is 0 Å². The van der Waals surface area contributed by atoms with Crippen LogP contribution < -0.4 is 0 Å². The molecule has 0 saturated carbocycles. The van der Waals surface area contributed by atoms with E-state index in [0.29, 0.717) is 6.26 Å². The van der Waals surface area contributed by atoms with Crippen LogP contribution >= 0.6 is 0 Å². The van der Waals surface area contributed by atoms with Crippen LogP contribution in [0.3, 0.4) is 0 Å². The number of allylic oxidation sites excluding steroid dienone is 1. The number of rotatable bonds is 1. The van der Waals surface area contributed by atoms with Crippen molar-refractivity contribution < 1.29 is 17.9 Å². The molecule has 8 heavy (non-hydrogen) atoms. The summed E-state index contributed by atoms with van der Waals surface area (Å²) in [5.74, 6) is 0. The number of hydrogen-bond donors (Lipinski definition) is 0. The van der Waals surface area contributed by atoms with E-state index in [2.05, 4.69) is 4.74 Å². The van der Waals surface area contributed by atoms with E-state index in [4.69, 9.17) is 0 Å². The summed E-state index contributed by atoms with van der Waals surface area (Å²) in [4.78, 5) is 0. The molecule has 48 valence electrons. The van der Waals surface area contributed by atoms with E-state index in [1.54, 1.807) is 0 Å². The van der Waals surface area contributed by atoms with Crippen molar-refractivity contribution in [3.8, 4) is 0 Å². The molecule has 0 fully saturated rings. The van der Waals surface area contributed by atoms with Gasteiger partial charge in [-0.3, -0.25) is 0 Å². The predicted molar refractivity (Wildman–Crippen MR) is 22.0 cm³/mol. The van der Waals surface area contributed by atoms with Crippen LogP contribution in [0.1, 0.15) is 6.92 Å². The van der Waals surface area contributed by atoms with Gasteiger partial charge in [-0.25, -0.2) is 0 Å². The fourth-order valence-corrected chi connectivity index (χ4v) is 0.145. The molecule has 4 heteroatoms. The van der Waals surface area contributed by atoms with Crippen LogP contribution in [0, 0.1) is 0 Å². The van der Waals surface area contributed by atoms with Gasteiger partial charge in [0.15, 0.2) is 0 Å². The second-order valence-corrected chi connectivity index (χ2v) is 1.03. The van der Waals surface area contributed by atoms with Gasteiger partial charge in [0.2, 0.25) is 0 Å². The van der Waals surface area contributed by atoms with Crippen LogP contribution in [-0.4, -0.2) is 6.36 Å². The van der Waals surface area contributed by atoms with Crippen LogP contribution in [0.5, 0.6) is 0 Å². The number of hydrogen-bond acceptors (Lipinski definition) is 1. The van der Waals surface area contributed by atoms with Gasteiger partial charge < -0.3 is 4.74 Å². The Morgan fingerprint density at radius 3 is 2.00 bits per heavy atom. The zero-order valence-electron chi connectivity index (χ0n) is 4.20. The summed E-state index contributed by atoms with van der Waals surface area (Å²) >= 11 is 0. The van der Waals surface area contributed by atoms with Crippen LogP contribution in [0.25, 0.3) is 0 Å². The summed E-state index contributed by atoms with van der Waals surface area (Å²) < 4.78 is 36.1. The molecule has 0 radical (unpaired) electrons. The van der Waals surface area contributed by atoms with Gasteiger partial charge in [-0.2, -0.15) is 0 Å². The zero-order valence-corrected chi connectivity index (χ0v) is 4.20. The summed E-state index contributed by atoms with van der Waals surface area (Å²) in [6, 6.07) is 0. The monoisotopic (exact) mass is 126 g/mol. The first-order valence-corrected chi connectivity index (χ1v) is 1.92. The van der Waals surface area contributed by atoms with Crippen molar-refractivity contribution in [1.82, 2.24) is 0 Å². The first-order valence-electron chi connectivity index (χ1n) is 1.92. The Balaban J connectivity index is 3.39. The molecule has 0 unspecified atom stereocenters. The Kier molecular flexibility index (Phi) is 2.37. The van der Waals surface area contributed by atoms with Gasteiger partial charge in [0.05, 0.1) is 6.26 Å². The van der Waals surface area contributed by atoms with E-state index in [1.807, 2.05) is 0 Å². The summed E-state index contributed by atoms with van der Waals surface area (Å²) in [5.41, 5.74) is 0. The highest BCUT2D eigenvalue weighted by Gasteiger charge is 2.28. The standard InChI is InChI=1S/C4H5F3O/c1-2-3-8-4(5,6)7/h2-3H,1H3/b3-2-. The zero-order chi connectivity index (χ0) is 6.62. The van der Waals surface area contributed by atoms with Crippen molar-refractivity contribution in [1.29, 1.82) is 0 Å². The van der Waals surface area contributed by atoms with Gasteiger partial charge in [-0.15, -0.1) is 13.2 Å². The molecule has 0 aromatic rings. The molecule has 0 amide bonds. The van der Waals surface area contributed by atoms with Crippen molar-refractivity contribution in [3.05, 3.63) is 12.3 Å². The third kappa shape index (κ3) is 5.33. The lowest BCUT2D eigenvalue weighted by Crippen LogP contribution is -2.07. The molecule has 0 aromatic heterocycles. The second-order valence-electron chi connectivity index (χ2n) is 1.03. The van der Waals surface area contributed by atoms with Crippen LogP contribution in [-0.2, 0) is 4.74 Å². The first-order chi connectivity index (χ1) is 3.56. The fourth-order valence-electron chi connectivity index (χ4n) is 0.145. The molecule has 1 nitrogen and oxygen atoms in total. The molecule has 0 aliphatic rings. The predicted octanol–water partition coefficient (Wildman–Crippen LogP) is 2.06. The van der Waals surface area contributed by atoms with Gasteiger partial charge in [0.1, 0.15) is 0 Å². The lowest BCUT2D eigenvalue weighted by Gasteiger charge is -2.01. The SMILES string of the molecule is C/C=C\OC(F)(F)F. The Morgan fingerprint density at radius 2 is 1.88 bits per heavy atom. The largest absolute Gasteiger partial charge is 0.572 e. The highest BCUT2D eigenvalue weighted by Crippen LogP contribution is 2.15. The minimum atomic E-state index is -4.54. The second kappa shape index (κ2) is 2.59. The van der Waals surface area contributed by atoms with E-state index >= 15 is 0 Å². The molecule has 0 atom stereocenters. The molecule has 0 aliphatic carbocycles. The lowest BCUT2D eigenvalue weighted by atomic mass is 10.7. The fraction of sp³-hybridized carbons (Fsp3) is 0.500. The molecule has 0 N–H and O–H groups in total. The average molecular weight is 126 g/mol. The van der Waals surface area contributed by atoms with E-state index in [9.17, 15) is 13.2 Å². The Morgan fingerprint density at radius 1 is 1.38 bits per heavy atom. The maximum atomic E-state index is 11.0. The Bertz CT molecular complexity index is 83.8. The van der Waals surface area contributed by atoms with E-state index in [-0.39, 0.29) is 0 Å². The first kappa shape index (κ1) is 7.33. The Labute approximate surface area is 44.8 Å². The molecule has 0 heterocycles. The molecule has 0 aliphatic heterocycles. The van der Waals surface area contributed by atoms with Gasteiger partial charge >= 0.3 is 6.36 Å². The van der Waals surface area contributed by atoms with E-state index in [1.165, 1.54) is 6.92 Å². The van der Waals surface area contributed by atoms with Crippen molar-refractivity contribution in [2.75, 3.05) is 0 Å². The van der Waals surface area contributed by atoms with E-state index in [0.717, 1.165) is 6.08 Å². The molecule has 0 aromatic carbocycles. The van der Waals surface area contributed by atoms with Crippen molar-refractivity contribution in [3.63, 3.8) is 0 Å². The third-order valence-electron chi connectivity index (χ3n) is 0.338. The van der Waals surface area contributed by atoms with Crippen LogP contribution in [0.4, 0.5) is 13.2 Å². The normalized spacial score (nSPS) is 12.5. The molecular weight excluding hydrogens is 121 g/mol. The average Bonchev–Trinajstić information content (AvgIpc) is 1.59. The summed E-state index contributed by atoms with van der Waals surface area (Å²) in [7, 11) is 0. The summed E-state index contributed by atoms with van der Waals surface area (Å²) in [6.07, 6.45) is -2.79. The number of ether oxygens (including phenoxy) is 1. The molecule has 0 bridgehead atoms. The van der Waals surface area contributed by atoms with Gasteiger partial charge in [0.25, 0.3) is 0 Å². The maximum absolute atomic E-state index is 11.0. The summed E-state index contributed by atoms with van der Waals surface area (Å²) in [5, 5.41) is 0.